The maximum Gasteiger partial charge on any atom is 0.0639 e. The zero-order chi connectivity index (χ0) is 8.27. The average molecular weight is 157 g/mol. The first kappa shape index (κ1) is 9.01. The van der Waals surface area contributed by atoms with Gasteiger partial charge < -0.3 is 5.11 Å². The van der Waals surface area contributed by atoms with E-state index in [9.17, 15) is 5.11 Å². The van der Waals surface area contributed by atoms with Crippen LogP contribution < -0.4 is 0 Å². The van der Waals surface area contributed by atoms with E-state index in [4.69, 9.17) is 0 Å². The molecule has 0 saturated carbocycles. The number of hydrogen-bond donors (Lipinski definition) is 1. The van der Waals surface area contributed by atoms with Gasteiger partial charge in [0, 0.05) is 12.6 Å². The van der Waals surface area contributed by atoms with Crippen molar-refractivity contribution in [1.82, 2.24) is 4.90 Å². The summed E-state index contributed by atoms with van der Waals surface area (Å²) in [6, 6.07) is 0.740. The second-order valence-corrected chi connectivity index (χ2v) is 3.55. The highest BCUT2D eigenvalue weighted by atomic mass is 16.3. The van der Waals surface area contributed by atoms with Crippen LogP contribution in [0.2, 0.25) is 0 Å². The van der Waals surface area contributed by atoms with E-state index in [2.05, 4.69) is 11.8 Å². The lowest BCUT2D eigenvalue weighted by Gasteiger charge is -2.24. The minimum absolute atomic E-state index is 0.165. The van der Waals surface area contributed by atoms with Crippen LogP contribution in [0.1, 0.15) is 33.1 Å². The smallest absolute Gasteiger partial charge is 0.0639 e. The summed E-state index contributed by atoms with van der Waals surface area (Å²) in [5, 5.41) is 9.18. The molecular weight excluding hydrogens is 138 g/mol. The number of aliphatic hydroxyl groups excluding tert-OH is 1. The molecule has 1 heterocycles. The number of likely N-dealkylation sites (tertiary alicyclic amines) is 1. The Hall–Kier alpha value is -0.0800. The second kappa shape index (κ2) is 4.07. The third kappa shape index (κ3) is 2.46. The number of aliphatic hydroxyl groups is 1. The van der Waals surface area contributed by atoms with Crippen LogP contribution in [-0.4, -0.2) is 35.2 Å². The minimum atomic E-state index is -0.165. The van der Waals surface area contributed by atoms with Gasteiger partial charge in [0.1, 0.15) is 0 Å². The van der Waals surface area contributed by atoms with Gasteiger partial charge in [0.25, 0.3) is 0 Å². The third-order valence-corrected chi connectivity index (χ3v) is 2.47. The van der Waals surface area contributed by atoms with E-state index >= 15 is 0 Å². The van der Waals surface area contributed by atoms with E-state index in [1.807, 2.05) is 6.92 Å². The molecule has 0 radical (unpaired) electrons. The summed E-state index contributed by atoms with van der Waals surface area (Å²) in [5.74, 6) is 0. The Morgan fingerprint density at radius 1 is 1.64 bits per heavy atom. The van der Waals surface area contributed by atoms with Gasteiger partial charge in [-0.3, -0.25) is 4.90 Å². The Labute approximate surface area is 69.2 Å². The summed E-state index contributed by atoms with van der Waals surface area (Å²) in [5.41, 5.74) is 0. The summed E-state index contributed by atoms with van der Waals surface area (Å²) >= 11 is 0. The molecule has 0 aromatic carbocycles. The molecule has 1 fully saturated rings. The third-order valence-electron chi connectivity index (χ3n) is 2.47. The van der Waals surface area contributed by atoms with E-state index in [-0.39, 0.29) is 6.10 Å². The van der Waals surface area contributed by atoms with Gasteiger partial charge in [-0.1, -0.05) is 6.92 Å². The fourth-order valence-corrected chi connectivity index (χ4v) is 1.94. The Bertz CT molecular complexity index is 114. The molecule has 0 spiro atoms. The highest BCUT2D eigenvalue weighted by Gasteiger charge is 2.22. The van der Waals surface area contributed by atoms with Crippen molar-refractivity contribution in [2.45, 2.75) is 45.3 Å². The van der Waals surface area contributed by atoms with Crippen LogP contribution in [0, 0.1) is 0 Å². The lowest BCUT2D eigenvalue weighted by Crippen LogP contribution is -2.34. The summed E-state index contributed by atoms with van der Waals surface area (Å²) in [4.78, 5) is 2.41. The van der Waals surface area contributed by atoms with Gasteiger partial charge in [0.15, 0.2) is 0 Å². The summed E-state index contributed by atoms with van der Waals surface area (Å²) in [6.45, 7) is 6.14. The topological polar surface area (TPSA) is 23.5 Å². The number of rotatable bonds is 3. The van der Waals surface area contributed by atoms with Gasteiger partial charge in [-0.25, -0.2) is 0 Å². The molecule has 0 aromatic heterocycles. The van der Waals surface area contributed by atoms with Gasteiger partial charge in [-0.15, -0.1) is 0 Å². The Morgan fingerprint density at radius 3 is 2.91 bits per heavy atom. The lowest BCUT2D eigenvalue weighted by atomic mass is 10.1. The molecule has 1 N–H and O–H groups in total. The minimum Gasteiger partial charge on any atom is -0.392 e. The SMILES string of the molecule is CCC1CCCN1C[C@@H](C)O. The largest absolute Gasteiger partial charge is 0.392 e. The highest BCUT2D eigenvalue weighted by Crippen LogP contribution is 2.19. The van der Waals surface area contributed by atoms with E-state index in [0.29, 0.717) is 0 Å². The molecule has 0 aromatic rings. The Balaban J connectivity index is 2.31. The van der Waals surface area contributed by atoms with E-state index < -0.39 is 0 Å². The standard InChI is InChI=1S/C9H19NO/c1-3-9-5-4-6-10(9)7-8(2)11/h8-9,11H,3-7H2,1-2H3/t8-,9?/m1/s1. The zero-order valence-corrected chi connectivity index (χ0v) is 7.58. The van der Waals surface area contributed by atoms with Crippen molar-refractivity contribution in [3.63, 3.8) is 0 Å². The van der Waals surface area contributed by atoms with Crippen molar-refractivity contribution in [1.29, 1.82) is 0 Å². The molecule has 66 valence electrons. The predicted molar refractivity (Wildman–Crippen MR) is 46.6 cm³/mol. The first-order valence-corrected chi connectivity index (χ1v) is 4.66. The summed E-state index contributed by atoms with van der Waals surface area (Å²) in [7, 11) is 0. The first-order chi connectivity index (χ1) is 5.24. The molecule has 2 nitrogen and oxygen atoms in total. The van der Waals surface area contributed by atoms with Crippen molar-refractivity contribution in [3.8, 4) is 0 Å². The number of hydrogen-bond acceptors (Lipinski definition) is 2. The van der Waals surface area contributed by atoms with Crippen molar-refractivity contribution in [2.24, 2.45) is 0 Å². The lowest BCUT2D eigenvalue weighted by molar-refractivity contribution is 0.118. The van der Waals surface area contributed by atoms with Gasteiger partial charge in [0.05, 0.1) is 6.10 Å². The Morgan fingerprint density at radius 2 is 2.36 bits per heavy atom. The predicted octanol–water partition coefficient (Wildman–Crippen LogP) is 1.24. The maximum atomic E-state index is 9.18. The average Bonchev–Trinajstić information content (AvgIpc) is 2.34. The van der Waals surface area contributed by atoms with E-state index in [1.54, 1.807) is 0 Å². The van der Waals surface area contributed by atoms with E-state index in [0.717, 1.165) is 12.6 Å². The molecule has 11 heavy (non-hydrogen) atoms. The van der Waals surface area contributed by atoms with Crippen molar-refractivity contribution >= 4 is 0 Å². The molecule has 1 unspecified atom stereocenters. The van der Waals surface area contributed by atoms with Crippen LogP contribution in [0.4, 0.5) is 0 Å². The van der Waals surface area contributed by atoms with Crippen LogP contribution in [0.25, 0.3) is 0 Å². The van der Waals surface area contributed by atoms with Crippen molar-refractivity contribution in [2.75, 3.05) is 13.1 Å². The fourth-order valence-electron chi connectivity index (χ4n) is 1.94. The highest BCUT2D eigenvalue weighted by molar-refractivity contribution is 4.78. The summed E-state index contributed by atoms with van der Waals surface area (Å²) in [6.07, 6.45) is 3.70. The van der Waals surface area contributed by atoms with Crippen LogP contribution in [0.15, 0.2) is 0 Å². The van der Waals surface area contributed by atoms with Crippen LogP contribution in [-0.2, 0) is 0 Å². The zero-order valence-electron chi connectivity index (χ0n) is 7.58. The van der Waals surface area contributed by atoms with Gasteiger partial charge >= 0.3 is 0 Å². The monoisotopic (exact) mass is 157 g/mol. The molecule has 2 atom stereocenters. The second-order valence-electron chi connectivity index (χ2n) is 3.55. The van der Waals surface area contributed by atoms with Crippen LogP contribution in [0.5, 0.6) is 0 Å². The molecule has 1 rings (SSSR count). The van der Waals surface area contributed by atoms with Crippen molar-refractivity contribution in [3.05, 3.63) is 0 Å². The van der Waals surface area contributed by atoms with Crippen LogP contribution >= 0.6 is 0 Å². The fraction of sp³-hybridized carbons (Fsp3) is 1.00. The maximum absolute atomic E-state index is 9.18. The first-order valence-electron chi connectivity index (χ1n) is 4.66. The molecule has 0 amide bonds. The molecular formula is C9H19NO. The molecule has 1 aliphatic heterocycles. The van der Waals surface area contributed by atoms with Gasteiger partial charge in [0.2, 0.25) is 0 Å². The van der Waals surface area contributed by atoms with Crippen LogP contribution in [0.3, 0.4) is 0 Å². The molecule has 1 aliphatic rings. The van der Waals surface area contributed by atoms with Crippen molar-refractivity contribution < 1.29 is 5.11 Å². The quantitative estimate of drug-likeness (QED) is 0.666. The Kier molecular flexibility index (Phi) is 3.34. The summed E-state index contributed by atoms with van der Waals surface area (Å²) < 4.78 is 0. The molecule has 0 bridgehead atoms. The molecule has 0 aliphatic carbocycles. The molecule has 2 heteroatoms. The number of β-amino-alcohol motifs (C(OH)–C–C–N with tert-alkyl or cyclic N) is 1. The van der Waals surface area contributed by atoms with E-state index in [1.165, 1.54) is 25.8 Å². The van der Waals surface area contributed by atoms with Gasteiger partial charge in [-0.2, -0.15) is 0 Å². The molecule has 1 saturated heterocycles. The number of nitrogens with zero attached hydrogens (tertiary/aromatic N) is 1. The van der Waals surface area contributed by atoms with Gasteiger partial charge in [-0.05, 0) is 32.7 Å². The normalized spacial score (nSPS) is 29.2.